The third-order valence-electron chi connectivity index (χ3n) is 13.3. The van der Waals surface area contributed by atoms with Crippen molar-refractivity contribution in [3.8, 4) is 39.5 Å². The molecule has 6 heterocycles. The molecule has 0 unspecified atom stereocenters. The summed E-state index contributed by atoms with van der Waals surface area (Å²) >= 11 is 1.73. The van der Waals surface area contributed by atoms with Crippen molar-refractivity contribution >= 4 is 113 Å². The third kappa shape index (κ3) is 4.16. The number of fused-ring (bicyclic) bond motifs is 8. The van der Waals surface area contributed by atoms with E-state index < -0.39 is 0 Å². The largest absolute Gasteiger partial charge is 0.456 e. The number of hydrogen-bond acceptors (Lipinski definition) is 4. The maximum atomic E-state index is 6.66. The highest BCUT2D eigenvalue weighted by atomic mass is 32.1. The minimum Gasteiger partial charge on any atom is -0.456 e. The molecule has 9 aromatic carbocycles. The Bertz CT molecular complexity index is 4320. The number of thiophene rings is 1. The van der Waals surface area contributed by atoms with Gasteiger partial charge >= 0.3 is 0 Å². The van der Waals surface area contributed by atoms with Crippen LogP contribution in [-0.4, -0.2) is 18.9 Å². The summed E-state index contributed by atoms with van der Waals surface area (Å²) in [7, 11) is 0. The standard InChI is InChI=1S/C56H30N4OS/c1-2-11-31(12-3-1)35-17-8-13-33-14-9-18-36(47(33)35)32-23-25-34(26-24-32)53-48-39-16-5-7-22-46(39)62-55(48)58-56(57-53)60-42-21-10-20-41-49(42)50-43(60)28-30-44-51(50)52-45(61-44)29-27-38-37-15-4-6-19-40(37)59(41)54(38)52/h1-30H. The average Bonchev–Trinajstić information content (AvgIpc) is 4.06. The van der Waals surface area contributed by atoms with E-state index in [0.717, 1.165) is 65.5 Å². The van der Waals surface area contributed by atoms with Crippen LogP contribution in [0.2, 0.25) is 0 Å². The van der Waals surface area contributed by atoms with Gasteiger partial charge in [-0.25, -0.2) is 9.97 Å². The summed E-state index contributed by atoms with van der Waals surface area (Å²) in [5.41, 5.74) is 14.2. The zero-order valence-electron chi connectivity index (χ0n) is 32.9. The summed E-state index contributed by atoms with van der Waals surface area (Å²) in [6.45, 7) is 0. The van der Waals surface area contributed by atoms with Crippen LogP contribution in [0.4, 0.5) is 0 Å². The van der Waals surface area contributed by atoms with Gasteiger partial charge in [-0.15, -0.1) is 11.3 Å². The van der Waals surface area contributed by atoms with E-state index in [9.17, 15) is 0 Å². The molecule has 0 atom stereocenters. The summed E-state index contributed by atoms with van der Waals surface area (Å²) in [6, 6.07) is 65.6. The quantitative estimate of drug-likeness (QED) is 0.178. The normalized spacial score (nSPS) is 12.5. The Morgan fingerprint density at radius 3 is 1.92 bits per heavy atom. The Kier molecular flexibility index (Phi) is 6.24. The van der Waals surface area contributed by atoms with E-state index in [1.54, 1.807) is 11.3 Å². The Hall–Kier alpha value is -8.06. The first-order chi connectivity index (χ1) is 30.8. The molecule has 5 nitrogen and oxygen atoms in total. The number of hydrogen-bond donors (Lipinski definition) is 0. The fourth-order valence-corrected chi connectivity index (χ4v) is 11.8. The van der Waals surface area contributed by atoms with Gasteiger partial charge in [0.15, 0.2) is 0 Å². The van der Waals surface area contributed by atoms with Crippen LogP contribution in [0.15, 0.2) is 186 Å². The molecule has 0 saturated carbocycles. The van der Waals surface area contributed by atoms with Crippen molar-refractivity contribution in [2.75, 3.05) is 0 Å². The third-order valence-corrected chi connectivity index (χ3v) is 14.4. The van der Waals surface area contributed by atoms with Crippen molar-refractivity contribution in [1.82, 2.24) is 18.9 Å². The predicted molar refractivity (Wildman–Crippen MR) is 259 cm³/mol. The monoisotopic (exact) mass is 806 g/mol. The van der Waals surface area contributed by atoms with Crippen LogP contribution in [0.25, 0.3) is 142 Å². The Labute approximate surface area is 356 Å². The fraction of sp³-hybridized carbons (Fsp3) is 0. The first-order valence-electron chi connectivity index (χ1n) is 21.0. The molecule has 0 saturated heterocycles. The van der Waals surface area contributed by atoms with Crippen molar-refractivity contribution in [2.24, 2.45) is 0 Å². The fourth-order valence-electron chi connectivity index (χ4n) is 10.8. The molecule has 0 N–H and O–H groups in total. The molecule has 0 bridgehead atoms. The van der Waals surface area contributed by atoms with E-state index in [1.807, 2.05) is 0 Å². The van der Waals surface area contributed by atoms with E-state index in [4.69, 9.17) is 14.4 Å². The van der Waals surface area contributed by atoms with Gasteiger partial charge in [-0.05, 0) is 81.6 Å². The van der Waals surface area contributed by atoms with Gasteiger partial charge in [0.25, 0.3) is 0 Å². The van der Waals surface area contributed by atoms with E-state index in [-0.39, 0.29) is 0 Å². The molecule has 6 aromatic heterocycles. The van der Waals surface area contributed by atoms with E-state index >= 15 is 0 Å². The number of rotatable bonds is 4. The van der Waals surface area contributed by atoms with Gasteiger partial charge in [0.1, 0.15) is 16.0 Å². The second kappa shape index (κ2) is 11.8. The summed E-state index contributed by atoms with van der Waals surface area (Å²) in [5.74, 6) is 0.650. The highest BCUT2D eigenvalue weighted by Gasteiger charge is 2.27. The first-order valence-corrected chi connectivity index (χ1v) is 21.8. The Balaban J connectivity index is 1.00. The maximum absolute atomic E-state index is 6.66. The van der Waals surface area contributed by atoms with Crippen molar-refractivity contribution in [3.63, 3.8) is 0 Å². The molecular weight excluding hydrogens is 777 g/mol. The minimum absolute atomic E-state index is 0.650. The lowest BCUT2D eigenvalue weighted by atomic mass is 9.91. The molecule has 15 rings (SSSR count). The second-order valence-corrected chi connectivity index (χ2v) is 17.5. The SMILES string of the molecule is c1ccc(-c2cccc3cccc(-c4ccc(-c5nc(-n6c7ccc8oc9ccc%10c%11ccccc%11n%11c%12cccc6c%12c7c8c9c%10%11)nc6sc7ccccc7c56)cc4)c23)cc1. The first kappa shape index (κ1) is 32.8. The van der Waals surface area contributed by atoms with Gasteiger partial charge in [0, 0.05) is 48.0 Å². The van der Waals surface area contributed by atoms with Crippen LogP contribution in [0.5, 0.6) is 0 Å². The molecule has 0 aliphatic carbocycles. The molecule has 6 heteroatoms. The molecule has 0 amide bonds. The van der Waals surface area contributed by atoms with Gasteiger partial charge in [0.2, 0.25) is 5.95 Å². The molecular formula is C56H30N4OS. The van der Waals surface area contributed by atoms with Gasteiger partial charge in [-0.3, -0.25) is 4.57 Å². The molecule has 0 aliphatic heterocycles. The van der Waals surface area contributed by atoms with E-state index in [1.165, 1.54) is 70.1 Å². The van der Waals surface area contributed by atoms with Crippen molar-refractivity contribution < 1.29 is 4.42 Å². The summed E-state index contributed by atoms with van der Waals surface area (Å²) < 4.78 is 12.6. The average molecular weight is 807 g/mol. The highest BCUT2D eigenvalue weighted by Crippen LogP contribution is 2.49. The highest BCUT2D eigenvalue weighted by molar-refractivity contribution is 7.25. The zero-order valence-corrected chi connectivity index (χ0v) is 33.7. The lowest BCUT2D eigenvalue weighted by molar-refractivity contribution is 0.669. The second-order valence-electron chi connectivity index (χ2n) is 16.4. The number of furan rings is 1. The molecule has 0 fully saturated rings. The zero-order chi connectivity index (χ0) is 40.2. The molecule has 0 radical (unpaired) electrons. The van der Waals surface area contributed by atoms with Crippen LogP contribution in [0, 0.1) is 0 Å². The number of nitrogens with zero attached hydrogens (tertiary/aromatic N) is 4. The maximum Gasteiger partial charge on any atom is 0.236 e. The van der Waals surface area contributed by atoms with E-state index in [2.05, 4.69) is 191 Å². The minimum atomic E-state index is 0.650. The smallest absolute Gasteiger partial charge is 0.236 e. The summed E-state index contributed by atoms with van der Waals surface area (Å²) in [4.78, 5) is 12.1. The Morgan fingerprint density at radius 2 is 1.06 bits per heavy atom. The Morgan fingerprint density at radius 1 is 0.403 bits per heavy atom. The van der Waals surface area contributed by atoms with Gasteiger partial charge in [-0.2, -0.15) is 0 Å². The molecule has 286 valence electrons. The van der Waals surface area contributed by atoms with Crippen LogP contribution in [0.3, 0.4) is 0 Å². The number of para-hydroxylation sites is 1. The molecule has 0 spiro atoms. The summed E-state index contributed by atoms with van der Waals surface area (Å²) in [5, 5.41) is 11.8. The molecule has 62 heavy (non-hydrogen) atoms. The van der Waals surface area contributed by atoms with Crippen LogP contribution in [0.1, 0.15) is 0 Å². The lowest BCUT2D eigenvalue weighted by Crippen LogP contribution is -2.02. The van der Waals surface area contributed by atoms with Crippen LogP contribution in [-0.2, 0) is 0 Å². The molecule has 15 aromatic rings. The topological polar surface area (TPSA) is 48.3 Å². The van der Waals surface area contributed by atoms with Crippen molar-refractivity contribution in [2.45, 2.75) is 0 Å². The predicted octanol–water partition coefficient (Wildman–Crippen LogP) is 15.4. The van der Waals surface area contributed by atoms with Gasteiger partial charge < -0.3 is 8.82 Å². The van der Waals surface area contributed by atoms with Crippen molar-refractivity contribution in [1.29, 1.82) is 0 Å². The molecule has 0 aliphatic rings. The van der Waals surface area contributed by atoms with Crippen LogP contribution >= 0.6 is 11.3 Å². The summed E-state index contributed by atoms with van der Waals surface area (Å²) in [6.07, 6.45) is 0. The number of benzene rings is 9. The number of aromatic nitrogens is 4. The van der Waals surface area contributed by atoms with Gasteiger partial charge in [-0.1, -0.05) is 133 Å². The van der Waals surface area contributed by atoms with Crippen LogP contribution < -0.4 is 0 Å². The van der Waals surface area contributed by atoms with E-state index in [0.29, 0.717) is 5.95 Å². The van der Waals surface area contributed by atoms with Crippen molar-refractivity contribution in [3.05, 3.63) is 182 Å². The lowest BCUT2D eigenvalue weighted by Gasteiger charge is -2.14. The van der Waals surface area contributed by atoms with Gasteiger partial charge in [0.05, 0.1) is 38.7 Å².